The fourth-order valence-corrected chi connectivity index (χ4v) is 7.71. The number of hydrogen-bond acceptors (Lipinski definition) is 6. The van der Waals surface area contributed by atoms with Gasteiger partial charge in [0.25, 0.3) is 0 Å². The Labute approximate surface area is 171 Å². The molecule has 0 radical (unpaired) electrons. The summed E-state index contributed by atoms with van der Waals surface area (Å²) in [7, 11) is -4.66. The zero-order valence-corrected chi connectivity index (χ0v) is 17.8. The number of fused-ring (bicyclic) bond motifs is 5. The highest BCUT2D eigenvalue weighted by atomic mass is 32.3. The van der Waals surface area contributed by atoms with Crippen molar-refractivity contribution < 1.29 is 31.8 Å². The number of hydrogen-bond donors (Lipinski definition) is 2. The van der Waals surface area contributed by atoms with Crippen LogP contribution in [-0.2, 0) is 24.2 Å². The third-order valence-corrected chi connectivity index (χ3v) is 9.05. The number of carbonyl (C=O) groups excluding carboxylic acids is 2. The van der Waals surface area contributed by atoms with E-state index in [9.17, 15) is 23.1 Å². The minimum atomic E-state index is -4.66. The standard InChI is InChI=1S/C21H30O7S/c1-20-8-7-13(22)9-12(20)3-4-14-15-5-6-16(18(24)11-28-29(25,26)27)21(15,2)10-17(23)19(14)20/h9,14-17,19,23H,3-8,10-11H2,1-2H3,(H,25,26,27)/t14-,15-,16+,17-,19?,20-,21-/m0/s1. The Morgan fingerprint density at radius 2 is 1.97 bits per heavy atom. The van der Waals surface area contributed by atoms with Crippen LogP contribution in [-0.4, -0.2) is 42.4 Å². The van der Waals surface area contributed by atoms with Crippen molar-refractivity contribution in [3.8, 4) is 0 Å². The van der Waals surface area contributed by atoms with Crippen molar-refractivity contribution in [1.82, 2.24) is 0 Å². The second-order valence-electron chi connectivity index (χ2n) is 9.95. The summed E-state index contributed by atoms with van der Waals surface area (Å²) in [6.45, 7) is 3.56. The third kappa shape index (κ3) is 3.42. The van der Waals surface area contributed by atoms with Crippen molar-refractivity contribution in [2.45, 2.75) is 64.9 Å². The minimum Gasteiger partial charge on any atom is -0.393 e. The van der Waals surface area contributed by atoms with E-state index in [1.165, 1.54) is 5.57 Å². The van der Waals surface area contributed by atoms with Gasteiger partial charge in [0.05, 0.1) is 6.10 Å². The smallest absolute Gasteiger partial charge is 0.393 e. The van der Waals surface area contributed by atoms with Crippen LogP contribution in [0.5, 0.6) is 0 Å². The van der Waals surface area contributed by atoms with Crippen LogP contribution in [0.2, 0.25) is 0 Å². The summed E-state index contributed by atoms with van der Waals surface area (Å²) in [5, 5.41) is 11.3. The first-order chi connectivity index (χ1) is 13.5. The molecule has 0 bridgehead atoms. The molecule has 162 valence electrons. The van der Waals surface area contributed by atoms with Crippen LogP contribution < -0.4 is 0 Å². The Morgan fingerprint density at radius 3 is 2.66 bits per heavy atom. The van der Waals surface area contributed by atoms with Crippen LogP contribution >= 0.6 is 0 Å². The van der Waals surface area contributed by atoms with Crippen molar-refractivity contribution in [2.75, 3.05) is 6.61 Å². The van der Waals surface area contributed by atoms with Crippen molar-refractivity contribution in [1.29, 1.82) is 0 Å². The molecule has 0 aromatic carbocycles. The van der Waals surface area contributed by atoms with Crippen molar-refractivity contribution >= 4 is 22.0 Å². The van der Waals surface area contributed by atoms with E-state index in [1.54, 1.807) is 6.08 Å². The molecule has 0 spiro atoms. The maximum Gasteiger partial charge on any atom is 0.397 e. The second-order valence-corrected chi connectivity index (χ2v) is 11.0. The van der Waals surface area contributed by atoms with Gasteiger partial charge in [-0.3, -0.25) is 14.1 Å². The molecule has 0 aliphatic heterocycles. The van der Waals surface area contributed by atoms with E-state index in [1.807, 2.05) is 6.92 Å². The summed E-state index contributed by atoms with van der Waals surface area (Å²) in [6, 6.07) is 0. The summed E-state index contributed by atoms with van der Waals surface area (Å²) >= 11 is 0. The van der Waals surface area contributed by atoms with E-state index >= 15 is 0 Å². The normalized spacial score (nSPS) is 44.5. The molecule has 3 fully saturated rings. The first-order valence-corrected chi connectivity index (χ1v) is 11.9. The lowest BCUT2D eigenvalue weighted by atomic mass is 9.46. The predicted molar refractivity (Wildman–Crippen MR) is 104 cm³/mol. The number of allylic oxidation sites excluding steroid dienone is 1. The second kappa shape index (κ2) is 6.97. The lowest BCUT2D eigenvalue weighted by molar-refractivity contribution is -0.146. The average molecular weight is 427 g/mol. The molecule has 2 N–H and O–H groups in total. The van der Waals surface area contributed by atoms with Gasteiger partial charge in [-0.05, 0) is 73.2 Å². The van der Waals surface area contributed by atoms with Crippen molar-refractivity contribution in [3.63, 3.8) is 0 Å². The molecule has 29 heavy (non-hydrogen) atoms. The molecule has 4 aliphatic rings. The maximum atomic E-state index is 12.7. The Kier molecular flexibility index (Phi) is 5.08. The van der Waals surface area contributed by atoms with E-state index in [2.05, 4.69) is 11.1 Å². The molecule has 4 rings (SSSR count). The minimum absolute atomic E-state index is 0.0802. The first-order valence-electron chi connectivity index (χ1n) is 10.5. The monoisotopic (exact) mass is 426 g/mol. The SMILES string of the molecule is C[C@]12C[C@H](O)C3[C@@H](CCC4=CC(=O)CC[C@@]43C)[C@@H]1CC[C@@H]2C(=O)COS(=O)(=O)O. The van der Waals surface area contributed by atoms with Gasteiger partial charge in [0.1, 0.15) is 6.61 Å². The van der Waals surface area contributed by atoms with Crippen molar-refractivity contribution in [2.24, 2.45) is 34.5 Å². The Bertz CT molecular complexity index is 862. The zero-order valence-electron chi connectivity index (χ0n) is 17.0. The number of aliphatic hydroxyl groups excluding tert-OH is 1. The van der Waals surface area contributed by atoms with Gasteiger partial charge in [0.15, 0.2) is 11.6 Å². The first kappa shape index (κ1) is 21.2. The van der Waals surface area contributed by atoms with Gasteiger partial charge in [-0.25, -0.2) is 4.18 Å². The molecule has 0 aromatic heterocycles. The summed E-state index contributed by atoms with van der Waals surface area (Å²) in [4.78, 5) is 24.7. The lowest BCUT2D eigenvalue weighted by Gasteiger charge is -2.59. The maximum absolute atomic E-state index is 12.7. The Hall–Kier alpha value is -1.09. The van der Waals surface area contributed by atoms with Crippen LogP contribution in [0.15, 0.2) is 11.6 Å². The van der Waals surface area contributed by atoms with E-state index in [0.29, 0.717) is 19.3 Å². The van der Waals surface area contributed by atoms with E-state index in [0.717, 1.165) is 25.7 Å². The molecular weight excluding hydrogens is 396 g/mol. The fraction of sp³-hybridized carbons (Fsp3) is 0.810. The molecule has 0 aromatic rings. The quantitative estimate of drug-likeness (QED) is 0.663. The van der Waals surface area contributed by atoms with Crippen LogP contribution in [0.3, 0.4) is 0 Å². The van der Waals surface area contributed by atoms with Crippen LogP contribution in [0.1, 0.15) is 58.8 Å². The highest BCUT2D eigenvalue weighted by molar-refractivity contribution is 7.80. The van der Waals surface area contributed by atoms with E-state index in [-0.39, 0.29) is 40.7 Å². The predicted octanol–water partition coefficient (Wildman–Crippen LogP) is 2.49. The van der Waals surface area contributed by atoms with Crippen molar-refractivity contribution in [3.05, 3.63) is 11.6 Å². The van der Waals surface area contributed by atoms with E-state index < -0.39 is 28.5 Å². The largest absolute Gasteiger partial charge is 0.397 e. The van der Waals surface area contributed by atoms with Crippen LogP contribution in [0.25, 0.3) is 0 Å². The van der Waals surface area contributed by atoms with Gasteiger partial charge in [0.2, 0.25) is 0 Å². The molecule has 4 aliphatic carbocycles. The molecule has 8 heteroatoms. The van der Waals surface area contributed by atoms with Gasteiger partial charge in [0, 0.05) is 12.3 Å². The molecule has 0 saturated heterocycles. The molecule has 3 saturated carbocycles. The highest BCUT2D eigenvalue weighted by Crippen LogP contribution is 2.66. The molecule has 1 unspecified atom stereocenters. The summed E-state index contributed by atoms with van der Waals surface area (Å²) in [5.41, 5.74) is 0.584. The number of ketones is 2. The van der Waals surface area contributed by atoms with Gasteiger partial charge < -0.3 is 5.11 Å². The molecule has 0 amide bonds. The fourth-order valence-electron chi connectivity index (χ4n) is 7.45. The number of rotatable bonds is 4. The van der Waals surface area contributed by atoms with Crippen LogP contribution in [0, 0.1) is 34.5 Å². The summed E-state index contributed by atoms with van der Waals surface area (Å²) in [5.74, 6) is 0.0886. The van der Waals surface area contributed by atoms with Crippen LogP contribution in [0.4, 0.5) is 0 Å². The highest BCUT2D eigenvalue weighted by Gasteiger charge is 2.62. The lowest BCUT2D eigenvalue weighted by Crippen LogP contribution is -2.57. The Morgan fingerprint density at radius 1 is 1.24 bits per heavy atom. The summed E-state index contributed by atoms with van der Waals surface area (Å²) < 4.78 is 34.8. The number of Topliss-reactive ketones (excluding diaryl/α,β-unsaturated/α-hetero) is 1. The number of carbonyl (C=O) groups is 2. The van der Waals surface area contributed by atoms with Gasteiger partial charge >= 0.3 is 10.4 Å². The van der Waals surface area contributed by atoms with Gasteiger partial charge in [-0.1, -0.05) is 19.4 Å². The molecular formula is C21H30O7S. The topological polar surface area (TPSA) is 118 Å². The van der Waals surface area contributed by atoms with Gasteiger partial charge in [-0.2, -0.15) is 8.42 Å². The van der Waals surface area contributed by atoms with Gasteiger partial charge in [-0.15, -0.1) is 0 Å². The van der Waals surface area contributed by atoms with E-state index in [4.69, 9.17) is 4.55 Å². The Balaban J connectivity index is 1.60. The average Bonchev–Trinajstić information content (AvgIpc) is 2.96. The molecule has 0 heterocycles. The number of aliphatic hydroxyl groups is 1. The molecule has 7 atom stereocenters. The summed E-state index contributed by atoms with van der Waals surface area (Å²) in [6.07, 6.45) is 6.26. The zero-order chi connectivity index (χ0) is 21.2. The third-order valence-electron chi connectivity index (χ3n) is 8.63. The molecule has 7 nitrogen and oxygen atoms in total.